The molecule has 0 saturated carbocycles. The maximum absolute atomic E-state index is 11.3. The molecule has 1 aliphatic heterocycles. The number of aldehydes is 1. The Morgan fingerprint density at radius 2 is 1.74 bits per heavy atom. The summed E-state index contributed by atoms with van der Waals surface area (Å²) in [7, 11) is 0. The molecule has 0 fully saturated rings. The van der Waals surface area contributed by atoms with E-state index in [0.717, 1.165) is 28.0 Å². The molecule has 2 aromatic rings. The maximum atomic E-state index is 11.3. The Balaban J connectivity index is 2.21. The molecule has 3 heteroatoms. The Morgan fingerprint density at radius 1 is 1.05 bits per heavy atom. The van der Waals surface area contributed by atoms with Gasteiger partial charge in [0.15, 0.2) is 11.2 Å². The van der Waals surface area contributed by atoms with Crippen LogP contribution in [0, 0.1) is 0 Å². The molecule has 2 nitrogen and oxygen atoms in total. The van der Waals surface area contributed by atoms with E-state index < -0.39 is 4.87 Å². The third-order valence-corrected chi connectivity index (χ3v) is 4.24. The van der Waals surface area contributed by atoms with E-state index in [1.165, 1.54) is 11.8 Å². The van der Waals surface area contributed by atoms with Crippen LogP contribution in [0.2, 0.25) is 0 Å². The fourth-order valence-corrected chi connectivity index (χ4v) is 3.20. The Morgan fingerprint density at radius 3 is 2.47 bits per heavy atom. The van der Waals surface area contributed by atoms with Gasteiger partial charge in [0.1, 0.15) is 0 Å². The van der Waals surface area contributed by atoms with Gasteiger partial charge in [-0.3, -0.25) is 9.79 Å². The van der Waals surface area contributed by atoms with E-state index >= 15 is 0 Å². The van der Waals surface area contributed by atoms with Crippen molar-refractivity contribution in [1.82, 2.24) is 0 Å². The lowest BCUT2D eigenvalue weighted by Crippen LogP contribution is -2.26. The summed E-state index contributed by atoms with van der Waals surface area (Å²) in [4.78, 5) is 16.4. The number of fused-ring (bicyclic) bond motifs is 1. The molecule has 0 spiro atoms. The van der Waals surface area contributed by atoms with Crippen molar-refractivity contribution in [3.05, 3.63) is 65.7 Å². The molecule has 0 radical (unpaired) electrons. The molecule has 1 aliphatic rings. The van der Waals surface area contributed by atoms with Crippen LogP contribution < -0.4 is 0 Å². The number of carbonyl (C=O) groups is 1. The maximum Gasteiger partial charge on any atom is 0.163 e. The molecule has 0 bridgehead atoms. The summed E-state index contributed by atoms with van der Waals surface area (Å²) >= 11 is 1.50. The van der Waals surface area contributed by atoms with E-state index in [1.807, 2.05) is 55.5 Å². The van der Waals surface area contributed by atoms with E-state index in [4.69, 9.17) is 0 Å². The van der Waals surface area contributed by atoms with Crippen LogP contribution in [-0.2, 0) is 4.79 Å². The SMILES string of the molecule is CC1(C=O)N=C(c2ccccc2)c2ccccc2S1. The number of thioether (sulfide) groups is 1. The van der Waals surface area contributed by atoms with Gasteiger partial charge in [0.05, 0.1) is 5.71 Å². The second-order valence-corrected chi connectivity index (χ2v) is 6.07. The quantitative estimate of drug-likeness (QED) is 0.779. The van der Waals surface area contributed by atoms with E-state index in [9.17, 15) is 4.79 Å². The van der Waals surface area contributed by atoms with Crippen LogP contribution in [0.15, 0.2) is 64.5 Å². The minimum Gasteiger partial charge on any atom is -0.300 e. The number of benzene rings is 2. The number of nitrogens with zero attached hydrogens (tertiary/aromatic N) is 1. The van der Waals surface area contributed by atoms with Gasteiger partial charge in [0, 0.05) is 16.0 Å². The lowest BCUT2D eigenvalue weighted by molar-refractivity contribution is -0.109. The zero-order valence-electron chi connectivity index (χ0n) is 10.5. The molecule has 19 heavy (non-hydrogen) atoms. The molecule has 1 unspecified atom stereocenters. The first-order chi connectivity index (χ1) is 9.22. The van der Waals surface area contributed by atoms with E-state index in [0.29, 0.717) is 0 Å². The monoisotopic (exact) mass is 267 g/mol. The molecule has 94 valence electrons. The van der Waals surface area contributed by atoms with Crippen molar-refractivity contribution >= 4 is 23.8 Å². The highest BCUT2D eigenvalue weighted by molar-refractivity contribution is 8.01. The Kier molecular flexibility index (Phi) is 2.99. The molecular weight excluding hydrogens is 254 g/mol. The van der Waals surface area contributed by atoms with Gasteiger partial charge in [-0.25, -0.2) is 0 Å². The van der Waals surface area contributed by atoms with E-state index in [1.54, 1.807) is 0 Å². The Labute approximate surface area is 116 Å². The average molecular weight is 267 g/mol. The van der Waals surface area contributed by atoms with Crippen molar-refractivity contribution in [2.75, 3.05) is 0 Å². The minimum absolute atomic E-state index is 0.737. The van der Waals surface area contributed by atoms with Crippen molar-refractivity contribution in [3.63, 3.8) is 0 Å². The minimum atomic E-state index is -0.737. The highest BCUT2D eigenvalue weighted by Gasteiger charge is 2.31. The predicted octanol–water partition coefficient (Wildman–Crippen LogP) is 3.54. The summed E-state index contributed by atoms with van der Waals surface area (Å²) in [6.07, 6.45) is 0.913. The normalized spacial score (nSPS) is 21.4. The lowest BCUT2D eigenvalue weighted by Gasteiger charge is -2.27. The molecular formula is C16H13NOS. The summed E-state index contributed by atoms with van der Waals surface area (Å²) in [5, 5.41) is 0. The van der Waals surface area contributed by atoms with Crippen LogP contribution >= 0.6 is 11.8 Å². The van der Waals surface area contributed by atoms with Crippen molar-refractivity contribution in [1.29, 1.82) is 0 Å². The van der Waals surface area contributed by atoms with Gasteiger partial charge >= 0.3 is 0 Å². The molecule has 0 amide bonds. The standard InChI is InChI=1S/C16H13NOS/c1-16(11-18)17-15(12-7-3-2-4-8-12)13-9-5-6-10-14(13)19-16/h2-11H,1H3. The summed E-state index contributed by atoms with van der Waals surface area (Å²) in [5.74, 6) is 0. The Bertz CT molecular complexity index is 651. The van der Waals surface area contributed by atoms with Crippen LogP contribution in [0.5, 0.6) is 0 Å². The van der Waals surface area contributed by atoms with Crippen molar-refractivity contribution in [2.24, 2.45) is 4.99 Å². The zero-order valence-corrected chi connectivity index (χ0v) is 11.4. The fraction of sp³-hybridized carbons (Fsp3) is 0.125. The molecule has 0 saturated heterocycles. The molecule has 0 aliphatic carbocycles. The largest absolute Gasteiger partial charge is 0.300 e. The highest BCUT2D eigenvalue weighted by Crippen LogP contribution is 2.40. The molecule has 1 atom stereocenters. The molecule has 1 heterocycles. The predicted molar refractivity (Wildman–Crippen MR) is 78.8 cm³/mol. The van der Waals surface area contributed by atoms with Crippen LogP contribution in [0.4, 0.5) is 0 Å². The summed E-state index contributed by atoms with van der Waals surface area (Å²) < 4.78 is 0. The van der Waals surface area contributed by atoms with Crippen LogP contribution in [0.3, 0.4) is 0 Å². The van der Waals surface area contributed by atoms with E-state index in [-0.39, 0.29) is 0 Å². The number of hydrogen-bond donors (Lipinski definition) is 0. The lowest BCUT2D eigenvalue weighted by atomic mass is 10.0. The first kappa shape index (κ1) is 12.2. The third-order valence-electron chi connectivity index (χ3n) is 3.06. The molecule has 0 aromatic heterocycles. The van der Waals surface area contributed by atoms with Gasteiger partial charge in [0.2, 0.25) is 0 Å². The number of carbonyl (C=O) groups excluding carboxylic acids is 1. The first-order valence-corrected chi connectivity index (χ1v) is 6.93. The topological polar surface area (TPSA) is 29.4 Å². The fourth-order valence-electron chi connectivity index (χ4n) is 2.15. The van der Waals surface area contributed by atoms with E-state index in [2.05, 4.69) is 11.1 Å². The zero-order chi connectivity index (χ0) is 13.3. The van der Waals surface area contributed by atoms with Crippen molar-refractivity contribution < 1.29 is 4.79 Å². The molecule has 0 N–H and O–H groups in total. The van der Waals surface area contributed by atoms with Gasteiger partial charge in [-0.15, -0.1) is 0 Å². The number of aliphatic imine (C=N–C) groups is 1. The van der Waals surface area contributed by atoms with Gasteiger partial charge in [-0.2, -0.15) is 0 Å². The van der Waals surface area contributed by atoms with Gasteiger partial charge in [-0.05, 0) is 13.0 Å². The average Bonchev–Trinajstić information content (AvgIpc) is 2.47. The Hall–Kier alpha value is -1.87. The van der Waals surface area contributed by atoms with Gasteiger partial charge < -0.3 is 0 Å². The highest BCUT2D eigenvalue weighted by atomic mass is 32.2. The van der Waals surface area contributed by atoms with Gasteiger partial charge in [-0.1, -0.05) is 60.3 Å². The van der Waals surface area contributed by atoms with Crippen molar-refractivity contribution in [2.45, 2.75) is 16.7 Å². The van der Waals surface area contributed by atoms with Gasteiger partial charge in [0.25, 0.3) is 0 Å². The smallest absolute Gasteiger partial charge is 0.163 e. The first-order valence-electron chi connectivity index (χ1n) is 6.12. The van der Waals surface area contributed by atoms with Crippen LogP contribution in [0.1, 0.15) is 18.1 Å². The number of rotatable bonds is 2. The second kappa shape index (κ2) is 4.67. The summed E-state index contributed by atoms with van der Waals surface area (Å²) in [6.45, 7) is 1.85. The molecule has 2 aromatic carbocycles. The molecule has 3 rings (SSSR count). The van der Waals surface area contributed by atoms with Crippen LogP contribution in [-0.4, -0.2) is 16.9 Å². The third kappa shape index (κ3) is 2.22. The summed E-state index contributed by atoms with van der Waals surface area (Å²) in [5.41, 5.74) is 3.03. The number of hydrogen-bond acceptors (Lipinski definition) is 3. The summed E-state index contributed by atoms with van der Waals surface area (Å²) in [6, 6.07) is 18.1. The van der Waals surface area contributed by atoms with Crippen LogP contribution in [0.25, 0.3) is 0 Å². The second-order valence-electron chi connectivity index (χ2n) is 4.60. The van der Waals surface area contributed by atoms with Crippen molar-refractivity contribution in [3.8, 4) is 0 Å².